The monoisotopic (exact) mass is 270 g/mol. The number of aromatic nitrogens is 1. The van der Waals surface area contributed by atoms with Gasteiger partial charge in [0, 0.05) is 18.0 Å². The number of carbonyl (C=O) groups is 1. The van der Waals surface area contributed by atoms with Crippen molar-refractivity contribution in [1.29, 1.82) is 0 Å². The van der Waals surface area contributed by atoms with Gasteiger partial charge in [0.2, 0.25) is 6.79 Å². The van der Waals surface area contributed by atoms with Crippen molar-refractivity contribution < 1.29 is 14.3 Å². The summed E-state index contributed by atoms with van der Waals surface area (Å²) in [5, 5.41) is 2.94. The van der Waals surface area contributed by atoms with E-state index in [1.807, 2.05) is 19.1 Å². The molecule has 1 atom stereocenters. The van der Waals surface area contributed by atoms with Gasteiger partial charge in [0.1, 0.15) is 0 Å². The van der Waals surface area contributed by atoms with Crippen LogP contribution in [0, 0.1) is 0 Å². The molecule has 1 amide bonds. The Bertz CT molecular complexity index is 628. The lowest BCUT2D eigenvalue weighted by atomic mass is 10.1. The number of nitrogens with one attached hydrogen (secondary N) is 1. The number of nitrogens with zero attached hydrogens (tertiary/aromatic N) is 1. The van der Waals surface area contributed by atoms with E-state index >= 15 is 0 Å². The minimum Gasteiger partial charge on any atom is -0.454 e. The highest BCUT2D eigenvalue weighted by molar-refractivity contribution is 5.95. The standard InChI is InChI=1S/C15H14N2O3/c1-10(11-4-6-16-7-5-11)17-15(18)12-2-3-13-14(8-12)20-9-19-13/h2-8,10H,9H2,1H3,(H,17,18)/t10-/m1/s1. The van der Waals surface area contributed by atoms with Crippen LogP contribution in [0.5, 0.6) is 11.5 Å². The van der Waals surface area contributed by atoms with Crippen LogP contribution in [0.3, 0.4) is 0 Å². The highest BCUT2D eigenvalue weighted by atomic mass is 16.7. The van der Waals surface area contributed by atoms with Gasteiger partial charge in [0.15, 0.2) is 11.5 Å². The second-order valence-electron chi connectivity index (χ2n) is 4.54. The lowest BCUT2D eigenvalue weighted by Crippen LogP contribution is -2.26. The van der Waals surface area contributed by atoms with Crippen molar-refractivity contribution >= 4 is 5.91 Å². The molecule has 2 heterocycles. The van der Waals surface area contributed by atoms with Crippen LogP contribution in [0.2, 0.25) is 0 Å². The highest BCUT2D eigenvalue weighted by Crippen LogP contribution is 2.32. The van der Waals surface area contributed by atoms with Crippen molar-refractivity contribution in [2.45, 2.75) is 13.0 Å². The maximum absolute atomic E-state index is 12.2. The SMILES string of the molecule is C[C@@H](NC(=O)c1ccc2c(c1)OCO2)c1ccncc1. The molecule has 0 unspecified atom stereocenters. The van der Waals surface area contributed by atoms with Crippen LogP contribution in [0.1, 0.15) is 28.9 Å². The average Bonchev–Trinajstić information content (AvgIpc) is 2.95. The van der Waals surface area contributed by atoms with Gasteiger partial charge in [-0.2, -0.15) is 0 Å². The zero-order chi connectivity index (χ0) is 13.9. The number of pyridine rings is 1. The summed E-state index contributed by atoms with van der Waals surface area (Å²) in [6, 6.07) is 8.83. The number of carbonyl (C=O) groups excluding carboxylic acids is 1. The van der Waals surface area contributed by atoms with Gasteiger partial charge in [-0.1, -0.05) is 0 Å². The quantitative estimate of drug-likeness (QED) is 0.929. The van der Waals surface area contributed by atoms with Gasteiger partial charge >= 0.3 is 0 Å². The Morgan fingerprint density at radius 3 is 2.75 bits per heavy atom. The zero-order valence-corrected chi connectivity index (χ0v) is 11.0. The molecular formula is C15H14N2O3. The molecule has 5 heteroatoms. The summed E-state index contributed by atoms with van der Waals surface area (Å²) >= 11 is 0. The molecule has 1 aliphatic heterocycles. The van der Waals surface area contributed by atoms with Crippen LogP contribution in [0.25, 0.3) is 0 Å². The van der Waals surface area contributed by atoms with Gasteiger partial charge in [-0.25, -0.2) is 0 Å². The molecule has 102 valence electrons. The Morgan fingerprint density at radius 2 is 1.95 bits per heavy atom. The van der Waals surface area contributed by atoms with E-state index in [2.05, 4.69) is 10.3 Å². The van der Waals surface area contributed by atoms with E-state index in [1.54, 1.807) is 30.6 Å². The molecule has 2 aromatic rings. The second kappa shape index (κ2) is 5.21. The lowest BCUT2D eigenvalue weighted by Gasteiger charge is -2.14. The Balaban J connectivity index is 1.73. The number of fused-ring (bicyclic) bond motifs is 1. The van der Waals surface area contributed by atoms with Crippen molar-refractivity contribution in [2.24, 2.45) is 0 Å². The fraction of sp³-hybridized carbons (Fsp3) is 0.200. The number of amides is 1. The first-order valence-electron chi connectivity index (χ1n) is 6.34. The molecule has 1 aromatic heterocycles. The van der Waals surface area contributed by atoms with Crippen molar-refractivity contribution in [3.05, 3.63) is 53.9 Å². The smallest absolute Gasteiger partial charge is 0.251 e. The predicted octanol–water partition coefficient (Wildman–Crippen LogP) is 2.30. The van der Waals surface area contributed by atoms with Crippen LogP contribution in [0.15, 0.2) is 42.7 Å². The molecule has 0 spiro atoms. The fourth-order valence-electron chi connectivity index (χ4n) is 2.05. The Hall–Kier alpha value is -2.56. The Kier molecular flexibility index (Phi) is 3.25. The number of benzene rings is 1. The first-order valence-corrected chi connectivity index (χ1v) is 6.34. The van der Waals surface area contributed by atoms with Gasteiger partial charge in [-0.15, -0.1) is 0 Å². The third-order valence-electron chi connectivity index (χ3n) is 3.19. The topological polar surface area (TPSA) is 60.5 Å². The maximum Gasteiger partial charge on any atom is 0.251 e. The summed E-state index contributed by atoms with van der Waals surface area (Å²) < 4.78 is 10.5. The Labute approximate surface area is 116 Å². The van der Waals surface area contributed by atoms with E-state index in [-0.39, 0.29) is 18.7 Å². The van der Waals surface area contributed by atoms with Gasteiger partial charge < -0.3 is 14.8 Å². The molecule has 5 nitrogen and oxygen atoms in total. The van der Waals surface area contributed by atoms with E-state index in [0.29, 0.717) is 17.1 Å². The van der Waals surface area contributed by atoms with Crippen LogP contribution in [0.4, 0.5) is 0 Å². The molecular weight excluding hydrogens is 256 g/mol. The summed E-state index contributed by atoms with van der Waals surface area (Å²) in [6.45, 7) is 2.13. The van der Waals surface area contributed by atoms with Crippen LogP contribution in [-0.4, -0.2) is 17.7 Å². The number of rotatable bonds is 3. The van der Waals surface area contributed by atoms with Gasteiger partial charge in [-0.3, -0.25) is 9.78 Å². The summed E-state index contributed by atoms with van der Waals surface area (Å²) in [4.78, 5) is 16.2. The molecule has 3 rings (SSSR count). The molecule has 20 heavy (non-hydrogen) atoms. The third-order valence-corrected chi connectivity index (χ3v) is 3.19. The summed E-state index contributed by atoms with van der Waals surface area (Å²) in [6.07, 6.45) is 3.41. The van der Waals surface area contributed by atoms with E-state index in [4.69, 9.17) is 9.47 Å². The lowest BCUT2D eigenvalue weighted by molar-refractivity contribution is 0.0939. The molecule has 0 aliphatic carbocycles. The molecule has 0 radical (unpaired) electrons. The predicted molar refractivity (Wildman–Crippen MR) is 72.7 cm³/mol. The second-order valence-corrected chi connectivity index (χ2v) is 4.54. The zero-order valence-electron chi connectivity index (χ0n) is 11.0. The van der Waals surface area contributed by atoms with Gasteiger partial charge in [-0.05, 0) is 42.8 Å². The molecule has 0 saturated carbocycles. The summed E-state index contributed by atoms with van der Waals surface area (Å²) in [5.74, 6) is 1.13. The molecule has 0 saturated heterocycles. The Morgan fingerprint density at radius 1 is 1.20 bits per heavy atom. The van der Waals surface area contributed by atoms with E-state index in [9.17, 15) is 4.79 Å². The average molecular weight is 270 g/mol. The largest absolute Gasteiger partial charge is 0.454 e. The summed E-state index contributed by atoms with van der Waals surface area (Å²) in [5.41, 5.74) is 1.56. The minimum absolute atomic E-state index is 0.0871. The fourth-order valence-corrected chi connectivity index (χ4v) is 2.05. The van der Waals surface area contributed by atoms with Gasteiger partial charge in [0.05, 0.1) is 6.04 Å². The normalized spacial score (nSPS) is 13.8. The number of hydrogen-bond acceptors (Lipinski definition) is 4. The van der Waals surface area contributed by atoms with Crippen LogP contribution < -0.4 is 14.8 Å². The van der Waals surface area contributed by atoms with Gasteiger partial charge in [0.25, 0.3) is 5.91 Å². The van der Waals surface area contributed by atoms with Crippen molar-refractivity contribution in [2.75, 3.05) is 6.79 Å². The first kappa shape index (κ1) is 12.5. The molecule has 1 N–H and O–H groups in total. The summed E-state index contributed by atoms with van der Waals surface area (Å²) in [7, 11) is 0. The van der Waals surface area contributed by atoms with Crippen LogP contribution in [-0.2, 0) is 0 Å². The molecule has 1 aromatic carbocycles. The maximum atomic E-state index is 12.2. The first-order chi connectivity index (χ1) is 9.74. The van der Waals surface area contributed by atoms with Crippen molar-refractivity contribution in [3.63, 3.8) is 0 Å². The van der Waals surface area contributed by atoms with E-state index in [1.165, 1.54) is 0 Å². The third kappa shape index (κ3) is 2.42. The molecule has 0 bridgehead atoms. The molecule has 0 fully saturated rings. The van der Waals surface area contributed by atoms with Crippen LogP contribution >= 0.6 is 0 Å². The molecule has 1 aliphatic rings. The van der Waals surface area contributed by atoms with E-state index in [0.717, 1.165) is 5.56 Å². The number of ether oxygens (including phenoxy) is 2. The number of hydrogen-bond donors (Lipinski definition) is 1. The van der Waals surface area contributed by atoms with Crippen molar-refractivity contribution in [3.8, 4) is 11.5 Å². The minimum atomic E-state index is -0.146. The van der Waals surface area contributed by atoms with Crippen molar-refractivity contribution in [1.82, 2.24) is 10.3 Å². The van der Waals surface area contributed by atoms with E-state index < -0.39 is 0 Å². The highest BCUT2D eigenvalue weighted by Gasteiger charge is 2.17.